The molecule has 5 heteroatoms. The van der Waals surface area contributed by atoms with Gasteiger partial charge in [0.2, 0.25) is 5.91 Å². The van der Waals surface area contributed by atoms with Gasteiger partial charge in [0, 0.05) is 40.3 Å². The molecule has 0 saturated carbocycles. The Hall–Kier alpha value is -0.390. The summed E-state index contributed by atoms with van der Waals surface area (Å²) in [5.41, 5.74) is 5.81. The molecule has 0 spiro atoms. The van der Waals surface area contributed by atoms with E-state index in [-0.39, 0.29) is 11.9 Å². The normalized spacial score (nSPS) is 23.6. The van der Waals surface area contributed by atoms with Gasteiger partial charge >= 0.3 is 0 Å². The van der Waals surface area contributed by atoms with Gasteiger partial charge in [-0.15, -0.1) is 11.3 Å². The number of nitrogens with zero attached hydrogens (tertiary/aromatic N) is 1. The van der Waals surface area contributed by atoms with E-state index in [0.29, 0.717) is 18.9 Å². The van der Waals surface area contributed by atoms with Gasteiger partial charge in [0.25, 0.3) is 0 Å². The first-order valence-electron chi connectivity index (χ1n) is 6.82. The minimum Gasteiger partial charge on any atom is -0.338 e. The number of hydrogen-bond acceptors (Lipinski definition) is 3. The highest BCUT2D eigenvalue weighted by Gasteiger charge is 2.28. The highest BCUT2D eigenvalue weighted by atomic mass is 79.9. The molecule has 2 N–H and O–H groups in total. The van der Waals surface area contributed by atoms with Crippen molar-refractivity contribution in [1.29, 1.82) is 0 Å². The van der Waals surface area contributed by atoms with Crippen LogP contribution in [-0.4, -0.2) is 29.9 Å². The van der Waals surface area contributed by atoms with E-state index in [1.54, 1.807) is 11.3 Å². The van der Waals surface area contributed by atoms with Crippen LogP contribution in [0.25, 0.3) is 0 Å². The molecule has 2 rings (SSSR count). The third-order valence-corrected chi connectivity index (χ3v) is 5.53. The molecule has 0 bridgehead atoms. The van der Waals surface area contributed by atoms with Crippen molar-refractivity contribution in [3.63, 3.8) is 0 Å². The number of carbonyl (C=O) groups excluding carboxylic acids is 1. The number of piperidine rings is 1. The van der Waals surface area contributed by atoms with Crippen molar-refractivity contribution in [2.75, 3.05) is 13.1 Å². The van der Waals surface area contributed by atoms with Crippen molar-refractivity contribution in [3.05, 3.63) is 20.8 Å². The molecule has 0 radical (unpaired) electrons. The molecule has 0 aromatic carbocycles. The van der Waals surface area contributed by atoms with Crippen LogP contribution < -0.4 is 5.73 Å². The largest absolute Gasteiger partial charge is 0.338 e. The smallest absolute Gasteiger partial charge is 0.223 e. The summed E-state index contributed by atoms with van der Waals surface area (Å²) in [5.74, 6) is 0.942. The Labute approximate surface area is 127 Å². The molecule has 2 atom stereocenters. The van der Waals surface area contributed by atoms with E-state index >= 15 is 0 Å². The summed E-state index contributed by atoms with van der Waals surface area (Å²) in [7, 11) is 0. The first-order chi connectivity index (χ1) is 9.10. The summed E-state index contributed by atoms with van der Waals surface area (Å²) in [6.45, 7) is 3.70. The Morgan fingerprint density at radius 2 is 2.42 bits per heavy atom. The van der Waals surface area contributed by atoms with E-state index in [1.165, 1.54) is 4.88 Å². The fourth-order valence-electron chi connectivity index (χ4n) is 2.66. The maximum absolute atomic E-state index is 12.3. The summed E-state index contributed by atoms with van der Waals surface area (Å²) >= 11 is 5.14. The third kappa shape index (κ3) is 4.04. The van der Waals surface area contributed by atoms with Gasteiger partial charge < -0.3 is 10.6 Å². The zero-order valence-electron chi connectivity index (χ0n) is 11.3. The summed E-state index contributed by atoms with van der Waals surface area (Å²) in [6, 6.07) is 2.34. The van der Waals surface area contributed by atoms with Gasteiger partial charge in [-0.25, -0.2) is 0 Å². The average Bonchev–Trinajstić information content (AvgIpc) is 2.81. The Morgan fingerprint density at radius 1 is 1.63 bits per heavy atom. The lowest BCUT2D eigenvalue weighted by molar-refractivity contribution is -0.135. The second-order valence-corrected chi connectivity index (χ2v) is 7.25. The molecule has 1 saturated heterocycles. The predicted octanol–water partition coefficient (Wildman–Crippen LogP) is 3.03. The number of hydrogen-bond donors (Lipinski definition) is 1. The van der Waals surface area contributed by atoms with Gasteiger partial charge in [-0.1, -0.05) is 6.92 Å². The molecule has 1 aromatic heterocycles. The fourth-order valence-corrected chi connectivity index (χ4v) is 4.12. The third-order valence-electron chi connectivity index (χ3n) is 3.78. The number of aryl methyl sites for hydroxylation is 1. The molecule has 1 aliphatic rings. The van der Waals surface area contributed by atoms with Crippen molar-refractivity contribution in [2.24, 2.45) is 11.7 Å². The number of thiophene rings is 1. The van der Waals surface area contributed by atoms with E-state index in [1.807, 2.05) is 4.90 Å². The zero-order chi connectivity index (χ0) is 13.8. The van der Waals surface area contributed by atoms with Crippen LogP contribution >= 0.6 is 27.3 Å². The van der Waals surface area contributed by atoms with Crippen LogP contribution in [0.2, 0.25) is 0 Å². The molecule has 1 aliphatic heterocycles. The fraction of sp³-hybridized carbons (Fsp3) is 0.643. The molecular formula is C14H21BrN2OS. The Kier molecular flexibility index (Phi) is 5.42. The number of rotatable bonds is 4. The highest BCUT2D eigenvalue weighted by Crippen LogP contribution is 2.24. The van der Waals surface area contributed by atoms with Crippen molar-refractivity contribution in [2.45, 2.75) is 38.6 Å². The molecule has 0 aliphatic carbocycles. The van der Waals surface area contributed by atoms with Gasteiger partial charge in [-0.3, -0.25) is 4.79 Å². The van der Waals surface area contributed by atoms with Crippen LogP contribution in [0, 0.1) is 5.92 Å². The second kappa shape index (κ2) is 6.86. The minimum atomic E-state index is 0.242. The van der Waals surface area contributed by atoms with Crippen molar-refractivity contribution in [3.8, 4) is 0 Å². The van der Waals surface area contributed by atoms with Gasteiger partial charge in [0.15, 0.2) is 0 Å². The van der Waals surface area contributed by atoms with Crippen LogP contribution in [0.4, 0.5) is 0 Å². The van der Waals surface area contributed by atoms with Crippen molar-refractivity contribution < 1.29 is 4.79 Å². The molecule has 2 unspecified atom stereocenters. The molecule has 19 heavy (non-hydrogen) atoms. The highest BCUT2D eigenvalue weighted by molar-refractivity contribution is 9.10. The van der Waals surface area contributed by atoms with E-state index < -0.39 is 0 Å². The first-order valence-corrected chi connectivity index (χ1v) is 8.50. The molecule has 1 aromatic rings. The van der Waals surface area contributed by atoms with E-state index in [4.69, 9.17) is 5.73 Å². The summed E-state index contributed by atoms with van der Waals surface area (Å²) in [6.07, 6.45) is 3.58. The Morgan fingerprint density at radius 3 is 3.05 bits per heavy atom. The van der Waals surface area contributed by atoms with Crippen LogP contribution in [-0.2, 0) is 11.2 Å². The van der Waals surface area contributed by atoms with E-state index in [2.05, 4.69) is 34.3 Å². The van der Waals surface area contributed by atoms with Crippen LogP contribution in [0.5, 0.6) is 0 Å². The molecular weight excluding hydrogens is 324 g/mol. The number of carbonyl (C=O) groups is 1. The Bertz CT molecular complexity index is 435. The maximum atomic E-state index is 12.3. The molecule has 2 heterocycles. The monoisotopic (exact) mass is 344 g/mol. The minimum absolute atomic E-state index is 0.242. The van der Waals surface area contributed by atoms with E-state index in [0.717, 1.165) is 30.3 Å². The second-order valence-electron chi connectivity index (χ2n) is 5.34. The maximum Gasteiger partial charge on any atom is 0.223 e. The number of amides is 1. The van der Waals surface area contributed by atoms with E-state index in [9.17, 15) is 4.79 Å². The molecule has 1 fully saturated rings. The van der Waals surface area contributed by atoms with Crippen LogP contribution in [0.1, 0.15) is 31.1 Å². The zero-order valence-corrected chi connectivity index (χ0v) is 13.7. The number of halogens is 1. The Balaban J connectivity index is 1.88. The number of likely N-dealkylation sites (tertiary alicyclic amines) is 1. The van der Waals surface area contributed by atoms with Gasteiger partial charge in [0.05, 0.1) is 0 Å². The van der Waals surface area contributed by atoms with Crippen LogP contribution in [0.15, 0.2) is 15.9 Å². The lowest BCUT2D eigenvalue weighted by atomic mass is 9.92. The van der Waals surface area contributed by atoms with Crippen LogP contribution in [0.3, 0.4) is 0 Å². The number of nitrogens with two attached hydrogens (primary N) is 1. The van der Waals surface area contributed by atoms with Crippen molar-refractivity contribution in [1.82, 2.24) is 4.90 Å². The lowest BCUT2D eigenvalue weighted by Gasteiger charge is -2.38. The van der Waals surface area contributed by atoms with Crippen molar-refractivity contribution >= 4 is 33.2 Å². The molecule has 1 amide bonds. The topological polar surface area (TPSA) is 46.3 Å². The summed E-state index contributed by atoms with van der Waals surface area (Å²) in [4.78, 5) is 15.6. The quantitative estimate of drug-likeness (QED) is 0.912. The van der Waals surface area contributed by atoms with Gasteiger partial charge in [-0.2, -0.15) is 0 Å². The summed E-state index contributed by atoms with van der Waals surface area (Å²) < 4.78 is 1.10. The SMILES string of the molecule is CC1CCN(C(=O)CCc2cc(Br)cs2)C(CN)C1. The molecule has 106 valence electrons. The predicted molar refractivity (Wildman–Crippen MR) is 83.3 cm³/mol. The standard InChI is InChI=1S/C14H21BrN2OS/c1-10-4-5-17(12(6-10)8-16)14(18)3-2-13-7-11(15)9-19-13/h7,9-10,12H,2-6,8,16H2,1H3. The molecule has 3 nitrogen and oxygen atoms in total. The summed E-state index contributed by atoms with van der Waals surface area (Å²) in [5, 5.41) is 2.06. The van der Waals surface area contributed by atoms with Gasteiger partial charge in [0.1, 0.15) is 0 Å². The first kappa shape index (κ1) is 15.0. The van der Waals surface area contributed by atoms with Gasteiger partial charge in [-0.05, 0) is 47.2 Å². The average molecular weight is 345 g/mol. The lowest BCUT2D eigenvalue weighted by Crippen LogP contribution is -2.49.